The van der Waals surface area contributed by atoms with E-state index in [0.29, 0.717) is 25.2 Å². The average Bonchev–Trinajstić information content (AvgIpc) is 2.39. The van der Waals surface area contributed by atoms with Gasteiger partial charge in [0.15, 0.2) is 0 Å². The van der Waals surface area contributed by atoms with E-state index in [2.05, 4.69) is 0 Å². The Kier molecular flexibility index (Phi) is 4.61. The first-order valence-electron chi connectivity index (χ1n) is 6.90. The molecule has 1 aliphatic rings. The van der Waals surface area contributed by atoms with Crippen molar-refractivity contribution < 1.29 is 19.0 Å². The summed E-state index contributed by atoms with van der Waals surface area (Å²) >= 11 is 0. The molecular weight excluding hydrogens is 275 g/mol. The van der Waals surface area contributed by atoms with E-state index in [-0.39, 0.29) is 24.1 Å². The zero-order valence-corrected chi connectivity index (χ0v) is 12.3. The summed E-state index contributed by atoms with van der Waals surface area (Å²) < 4.78 is 19.6. The van der Waals surface area contributed by atoms with Crippen molar-refractivity contribution in [1.82, 2.24) is 4.90 Å². The maximum Gasteiger partial charge on any atom is 0.248 e. The van der Waals surface area contributed by atoms with Crippen molar-refractivity contribution in [3.05, 3.63) is 35.1 Å². The first-order valence-corrected chi connectivity index (χ1v) is 6.90. The lowest BCUT2D eigenvalue weighted by molar-refractivity contribution is -0.150. The van der Waals surface area contributed by atoms with Gasteiger partial charge in [0.25, 0.3) is 0 Å². The van der Waals surface area contributed by atoms with Crippen LogP contribution < -0.4 is 5.73 Å². The number of ether oxygens (including phenoxy) is 1. The molecule has 1 aromatic carbocycles. The van der Waals surface area contributed by atoms with Gasteiger partial charge in [0.1, 0.15) is 5.82 Å². The third kappa shape index (κ3) is 4.00. The van der Waals surface area contributed by atoms with E-state index in [1.807, 2.05) is 18.7 Å². The van der Waals surface area contributed by atoms with Gasteiger partial charge in [0.05, 0.1) is 18.3 Å². The quantitative estimate of drug-likeness (QED) is 0.865. The van der Waals surface area contributed by atoms with Crippen LogP contribution in [0.4, 0.5) is 4.39 Å². The van der Waals surface area contributed by atoms with Gasteiger partial charge in [-0.2, -0.15) is 0 Å². The number of nitrogens with two attached hydrogens (primary N) is 1. The topological polar surface area (TPSA) is 75.8 Å². The van der Waals surface area contributed by atoms with E-state index in [1.54, 1.807) is 0 Å². The predicted octanol–water partition coefficient (Wildman–Crippen LogP) is 0.896. The standard InChI is InChI=1S/C15H21FN2O3/c1-15(2)9-18(7-12(8-19)21-15)6-11-5-10(14(17)20)3-4-13(11)16/h3-5,12,19H,6-9H2,1-2H3,(H2,17,20). The Bertz CT molecular complexity index is 534. The molecule has 2 rings (SSSR count). The van der Waals surface area contributed by atoms with Crippen LogP contribution in [-0.2, 0) is 11.3 Å². The van der Waals surface area contributed by atoms with Gasteiger partial charge in [0.2, 0.25) is 5.91 Å². The number of carbonyl (C=O) groups is 1. The molecule has 0 aliphatic carbocycles. The normalized spacial score (nSPS) is 22.2. The van der Waals surface area contributed by atoms with E-state index < -0.39 is 11.5 Å². The number of nitrogens with zero attached hydrogens (tertiary/aromatic N) is 1. The Morgan fingerprint density at radius 1 is 1.57 bits per heavy atom. The smallest absolute Gasteiger partial charge is 0.248 e. The van der Waals surface area contributed by atoms with E-state index in [1.165, 1.54) is 18.2 Å². The van der Waals surface area contributed by atoms with Crippen LogP contribution in [0.2, 0.25) is 0 Å². The zero-order chi connectivity index (χ0) is 15.6. The fraction of sp³-hybridized carbons (Fsp3) is 0.533. The number of rotatable bonds is 4. The van der Waals surface area contributed by atoms with Crippen LogP contribution in [0, 0.1) is 5.82 Å². The second kappa shape index (κ2) is 6.09. The number of benzene rings is 1. The molecule has 0 bridgehead atoms. The molecule has 1 aliphatic heterocycles. The number of carbonyl (C=O) groups excluding carboxylic acids is 1. The van der Waals surface area contributed by atoms with Crippen LogP contribution in [0.5, 0.6) is 0 Å². The third-order valence-electron chi connectivity index (χ3n) is 3.48. The number of amides is 1. The number of hydrogen-bond acceptors (Lipinski definition) is 4. The minimum Gasteiger partial charge on any atom is -0.394 e. The van der Waals surface area contributed by atoms with Gasteiger partial charge < -0.3 is 15.6 Å². The molecule has 0 radical (unpaired) electrons. The van der Waals surface area contributed by atoms with Crippen LogP contribution in [0.3, 0.4) is 0 Å². The number of halogens is 1. The third-order valence-corrected chi connectivity index (χ3v) is 3.48. The average molecular weight is 296 g/mol. The molecular formula is C15H21FN2O3. The van der Waals surface area contributed by atoms with Crippen LogP contribution in [-0.4, -0.2) is 47.3 Å². The summed E-state index contributed by atoms with van der Waals surface area (Å²) in [7, 11) is 0. The Labute approximate surface area is 123 Å². The number of aliphatic hydroxyl groups excluding tert-OH is 1. The zero-order valence-electron chi connectivity index (χ0n) is 12.3. The van der Waals surface area contributed by atoms with Gasteiger partial charge in [-0.25, -0.2) is 4.39 Å². The summed E-state index contributed by atoms with van der Waals surface area (Å²) in [5, 5.41) is 9.29. The fourth-order valence-corrected chi connectivity index (χ4v) is 2.72. The second-order valence-electron chi connectivity index (χ2n) is 6.02. The molecule has 116 valence electrons. The lowest BCUT2D eigenvalue weighted by Crippen LogP contribution is -2.53. The summed E-state index contributed by atoms with van der Waals surface area (Å²) in [6.45, 7) is 5.25. The summed E-state index contributed by atoms with van der Waals surface area (Å²) in [4.78, 5) is 13.2. The Morgan fingerprint density at radius 2 is 2.29 bits per heavy atom. The molecule has 1 fully saturated rings. The van der Waals surface area contributed by atoms with Gasteiger partial charge in [-0.3, -0.25) is 9.69 Å². The molecule has 0 saturated carbocycles. The highest BCUT2D eigenvalue weighted by molar-refractivity contribution is 5.92. The van der Waals surface area contributed by atoms with E-state index in [0.717, 1.165) is 0 Å². The highest BCUT2D eigenvalue weighted by Crippen LogP contribution is 2.23. The Balaban J connectivity index is 2.17. The van der Waals surface area contributed by atoms with E-state index >= 15 is 0 Å². The van der Waals surface area contributed by atoms with Crippen molar-refractivity contribution in [3.63, 3.8) is 0 Å². The molecule has 1 atom stereocenters. The molecule has 5 nitrogen and oxygen atoms in total. The van der Waals surface area contributed by atoms with Gasteiger partial charge >= 0.3 is 0 Å². The minimum absolute atomic E-state index is 0.0796. The van der Waals surface area contributed by atoms with Crippen molar-refractivity contribution in [3.8, 4) is 0 Å². The van der Waals surface area contributed by atoms with Crippen molar-refractivity contribution in [1.29, 1.82) is 0 Å². The molecule has 3 N–H and O–H groups in total. The lowest BCUT2D eigenvalue weighted by Gasteiger charge is -2.42. The highest BCUT2D eigenvalue weighted by atomic mass is 19.1. The van der Waals surface area contributed by atoms with Gasteiger partial charge in [-0.1, -0.05) is 0 Å². The molecule has 1 saturated heterocycles. The van der Waals surface area contributed by atoms with Crippen molar-refractivity contribution >= 4 is 5.91 Å². The monoisotopic (exact) mass is 296 g/mol. The number of hydrogen-bond donors (Lipinski definition) is 2. The molecule has 1 unspecified atom stereocenters. The van der Waals surface area contributed by atoms with E-state index in [4.69, 9.17) is 10.5 Å². The number of primary amides is 1. The fourth-order valence-electron chi connectivity index (χ4n) is 2.72. The SMILES string of the molecule is CC1(C)CN(Cc2cc(C(N)=O)ccc2F)CC(CO)O1. The maximum absolute atomic E-state index is 13.9. The summed E-state index contributed by atoms with van der Waals surface area (Å²) in [5.41, 5.74) is 5.52. The highest BCUT2D eigenvalue weighted by Gasteiger charge is 2.33. The largest absolute Gasteiger partial charge is 0.394 e. The molecule has 0 aromatic heterocycles. The predicted molar refractivity (Wildman–Crippen MR) is 76.2 cm³/mol. The Hall–Kier alpha value is -1.50. The minimum atomic E-state index is -0.577. The van der Waals surface area contributed by atoms with Crippen molar-refractivity contribution in [2.24, 2.45) is 5.73 Å². The summed E-state index contributed by atoms with van der Waals surface area (Å²) in [5.74, 6) is -0.948. The van der Waals surface area contributed by atoms with Crippen LogP contribution in [0.15, 0.2) is 18.2 Å². The Morgan fingerprint density at radius 3 is 2.90 bits per heavy atom. The first-order chi connectivity index (χ1) is 9.80. The molecule has 1 amide bonds. The van der Waals surface area contributed by atoms with Gasteiger partial charge in [0, 0.05) is 30.8 Å². The summed E-state index contributed by atoms with van der Waals surface area (Å²) in [6.07, 6.45) is -0.295. The van der Waals surface area contributed by atoms with Crippen molar-refractivity contribution in [2.75, 3.05) is 19.7 Å². The molecule has 6 heteroatoms. The van der Waals surface area contributed by atoms with E-state index in [9.17, 15) is 14.3 Å². The molecule has 0 spiro atoms. The van der Waals surface area contributed by atoms with Crippen molar-refractivity contribution in [2.45, 2.75) is 32.1 Å². The maximum atomic E-state index is 13.9. The van der Waals surface area contributed by atoms with Gasteiger partial charge in [-0.15, -0.1) is 0 Å². The molecule has 1 heterocycles. The summed E-state index contributed by atoms with van der Waals surface area (Å²) in [6, 6.07) is 4.11. The van der Waals surface area contributed by atoms with Crippen LogP contribution in [0.1, 0.15) is 29.8 Å². The van der Waals surface area contributed by atoms with Crippen LogP contribution >= 0.6 is 0 Å². The van der Waals surface area contributed by atoms with Crippen LogP contribution in [0.25, 0.3) is 0 Å². The first kappa shape index (κ1) is 15.9. The molecule has 1 aromatic rings. The number of aliphatic hydroxyl groups is 1. The lowest BCUT2D eigenvalue weighted by atomic mass is 10.0. The number of morpholine rings is 1. The molecule has 21 heavy (non-hydrogen) atoms. The second-order valence-corrected chi connectivity index (χ2v) is 6.02. The van der Waals surface area contributed by atoms with Gasteiger partial charge in [-0.05, 0) is 32.0 Å².